The van der Waals surface area contributed by atoms with Gasteiger partial charge in [-0.1, -0.05) is 11.6 Å². The molecule has 1 heterocycles. The summed E-state index contributed by atoms with van der Waals surface area (Å²) in [4.78, 5) is 0. The number of hydrogen-bond donors (Lipinski definition) is 1. The number of hydrogen-bond acceptors (Lipinski definition) is 1. The van der Waals surface area contributed by atoms with Crippen LogP contribution in [0.1, 0.15) is 11.3 Å². The molecule has 2 nitrogen and oxygen atoms in total. The van der Waals surface area contributed by atoms with E-state index in [-0.39, 0.29) is 0 Å². The number of nitrogens with zero attached hydrogens (tertiary/aromatic N) is 1. The van der Waals surface area contributed by atoms with E-state index in [1.807, 2.05) is 26.0 Å². The molecule has 2 aromatic rings. The lowest BCUT2D eigenvalue weighted by Gasteiger charge is -1.96. The summed E-state index contributed by atoms with van der Waals surface area (Å²) in [5.74, 6) is 0. The number of aryl methyl sites for hydroxylation is 2. The van der Waals surface area contributed by atoms with E-state index in [2.05, 4.69) is 10.2 Å². The third kappa shape index (κ3) is 0.994. The highest BCUT2D eigenvalue weighted by molar-refractivity contribution is 6.32. The highest BCUT2D eigenvalue weighted by Crippen LogP contribution is 2.23. The number of rotatable bonds is 0. The van der Waals surface area contributed by atoms with Crippen LogP contribution < -0.4 is 0 Å². The Labute approximate surface area is 75.5 Å². The van der Waals surface area contributed by atoms with E-state index >= 15 is 0 Å². The van der Waals surface area contributed by atoms with Crippen molar-refractivity contribution < 1.29 is 0 Å². The quantitative estimate of drug-likeness (QED) is 0.664. The molecule has 0 saturated heterocycles. The zero-order chi connectivity index (χ0) is 8.72. The van der Waals surface area contributed by atoms with Crippen molar-refractivity contribution in [1.82, 2.24) is 10.2 Å². The minimum Gasteiger partial charge on any atom is -0.278 e. The first-order valence-corrected chi connectivity index (χ1v) is 4.17. The number of fused-ring (bicyclic) bond motifs is 1. The number of H-pyrrole nitrogens is 1. The Hall–Kier alpha value is -1.02. The minimum absolute atomic E-state index is 0.798. The lowest BCUT2D eigenvalue weighted by atomic mass is 10.1. The summed E-state index contributed by atoms with van der Waals surface area (Å²) in [6.45, 7) is 3.95. The van der Waals surface area contributed by atoms with Gasteiger partial charge in [-0.2, -0.15) is 5.10 Å². The third-order valence-corrected chi connectivity index (χ3v) is 2.44. The molecule has 1 aromatic heterocycles. The second-order valence-corrected chi connectivity index (χ2v) is 3.36. The second kappa shape index (κ2) is 2.49. The molecular formula is C9H9ClN2. The van der Waals surface area contributed by atoms with Crippen molar-refractivity contribution in [1.29, 1.82) is 0 Å². The van der Waals surface area contributed by atoms with E-state index < -0.39 is 0 Å². The molecule has 62 valence electrons. The Morgan fingerprint density at radius 2 is 2.08 bits per heavy atom. The van der Waals surface area contributed by atoms with Crippen LogP contribution in [0.4, 0.5) is 0 Å². The first-order valence-electron chi connectivity index (χ1n) is 3.79. The van der Waals surface area contributed by atoms with Crippen molar-refractivity contribution in [2.75, 3.05) is 0 Å². The van der Waals surface area contributed by atoms with Gasteiger partial charge in [-0.3, -0.25) is 5.10 Å². The summed E-state index contributed by atoms with van der Waals surface area (Å²) >= 11 is 5.97. The highest BCUT2D eigenvalue weighted by atomic mass is 35.5. The van der Waals surface area contributed by atoms with Gasteiger partial charge in [0.05, 0.1) is 11.2 Å². The average molecular weight is 181 g/mol. The van der Waals surface area contributed by atoms with Gasteiger partial charge in [0.15, 0.2) is 0 Å². The van der Waals surface area contributed by atoms with Gasteiger partial charge in [0.25, 0.3) is 0 Å². The molecule has 0 aliphatic heterocycles. The lowest BCUT2D eigenvalue weighted by molar-refractivity contribution is 1.07. The smallest absolute Gasteiger partial charge is 0.0670 e. The van der Waals surface area contributed by atoms with Crippen molar-refractivity contribution in [3.63, 3.8) is 0 Å². The summed E-state index contributed by atoms with van der Waals surface area (Å²) in [5, 5.41) is 8.94. The van der Waals surface area contributed by atoms with Gasteiger partial charge in [0.2, 0.25) is 0 Å². The summed E-state index contributed by atoms with van der Waals surface area (Å²) in [7, 11) is 0. The molecule has 0 aliphatic carbocycles. The predicted molar refractivity (Wildman–Crippen MR) is 50.6 cm³/mol. The molecule has 0 bridgehead atoms. The highest BCUT2D eigenvalue weighted by Gasteiger charge is 2.03. The molecule has 0 atom stereocenters. The topological polar surface area (TPSA) is 28.7 Å². The zero-order valence-corrected chi connectivity index (χ0v) is 7.74. The molecule has 0 amide bonds. The van der Waals surface area contributed by atoms with Crippen molar-refractivity contribution in [3.05, 3.63) is 28.4 Å². The first kappa shape index (κ1) is 7.62. The van der Waals surface area contributed by atoms with Gasteiger partial charge in [-0.15, -0.1) is 0 Å². The third-order valence-electron chi connectivity index (χ3n) is 2.03. The largest absolute Gasteiger partial charge is 0.278 e. The summed E-state index contributed by atoms with van der Waals surface area (Å²) in [6, 6.07) is 3.96. The van der Waals surface area contributed by atoms with Crippen LogP contribution in [0.15, 0.2) is 12.1 Å². The zero-order valence-electron chi connectivity index (χ0n) is 6.98. The maximum Gasteiger partial charge on any atom is 0.0670 e. The van der Waals surface area contributed by atoms with Crippen LogP contribution in [0.2, 0.25) is 5.02 Å². The number of benzene rings is 1. The van der Waals surface area contributed by atoms with Crippen LogP contribution in [0.3, 0.4) is 0 Å². The Morgan fingerprint density at radius 1 is 1.33 bits per heavy atom. The number of aromatic amines is 1. The monoisotopic (exact) mass is 180 g/mol. The van der Waals surface area contributed by atoms with Crippen molar-refractivity contribution in [3.8, 4) is 0 Å². The molecule has 1 aromatic carbocycles. The van der Waals surface area contributed by atoms with Crippen molar-refractivity contribution in [2.24, 2.45) is 0 Å². The minimum atomic E-state index is 0.798. The lowest BCUT2D eigenvalue weighted by Crippen LogP contribution is -1.76. The standard InChI is InChI=1S/C9H9ClN2/c1-5-3-9-7(4-8(5)10)6(2)11-12-9/h3-4H,1-2H3,(H,11,12). The number of nitrogens with one attached hydrogen (secondary N) is 1. The number of aromatic nitrogens is 2. The van der Waals surface area contributed by atoms with Crippen LogP contribution in [-0.4, -0.2) is 10.2 Å². The Bertz CT molecular complexity index is 431. The van der Waals surface area contributed by atoms with E-state index in [1.54, 1.807) is 0 Å². The maximum absolute atomic E-state index is 5.97. The Morgan fingerprint density at radius 3 is 2.83 bits per heavy atom. The fourth-order valence-electron chi connectivity index (χ4n) is 1.28. The van der Waals surface area contributed by atoms with Gasteiger partial charge < -0.3 is 0 Å². The molecule has 12 heavy (non-hydrogen) atoms. The van der Waals surface area contributed by atoms with Crippen LogP contribution in [0.25, 0.3) is 10.9 Å². The fraction of sp³-hybridized carbons (Fsp3) is 0.222. The van der Waals surface area contributed by atoms with E-state index in [9.17, 15) is 0 Å². The van der Waals surface area contributed by atoms with Crippen molar-refractivity contribution in [2.45, 2.75) is 13.8 Å². The molecule has 0 unspecified atom stereocenters. The molecule has 3 heteroatoms. The molecule has 0 radical (unpaired) electrons. The Balaban J connectivity index is 2.87. The van der Waals surface area contributed by atoms with Gasteiger partial charge in [0.1, 0.15) is 0 Å². The molecular weight excluding hydrogens is 172 g/mol. The van der Waals surface area contributed by atoms with Crippen LogP contribution >= 0.6 is 11.6 Å². The second-order valence-electron chi connectivity index (χ2n) is 2.96. The number of halogens is 1. The van der Waals surface area contributed by atoms with Gasteiger partial charge >= 0.3 is 0 Å². The summed E-state index contributed by atoms with van der Waals surface area (Å²) in [6.07, 6.45) is 0. The van der Waals surface area contributed by atoms with Crippen LogP contribution in [-0.2, 0) is 0 Å². The fourth-order valence-corrected chi connectivity index (χ4v) is 1.44. The van der Waals surface area contributed by atoms with Crippen LogP contribution in [0, 0.1) is 13.8 Å². The molecule has 0 fully saturated rings. The van der Waals surface area contributed by atoms with Crippen molar-refractivity contribution >= 4 is 22.5 Å². The van der Waals surface area contributed by atoms with Gasteiger partial charge in [0, 0.05) is 10.4 Å². The molecule has 0 spiro atoms. The first-order chi connectivity index (χ1) is 5.68. The van der Waals surface area contributed by atoms with E-state index in [4.69, 9.17) is 11.6 Å². The Kier molecular flexibility index (Phi) is 1.58. The average Bonchev–Trinajstić information content (AvgIpc) is 2.35. The molecule has 2 rings (SSSR count). The van der Waals surface area contributed by atoms with E-state index in [0.717, 1.165) is 27.2 Å². The maximum atomic E-state index is 5.97. The van der Waals surface area contributed by atoms with E-state index in [0.29, 0.717) is 0 Å². The molecule has 0 aliphatic rings. The SMILES string of the molecule is Cc1cc2[nH]nc(C)c2cc1Cl. The van der Waals surface area contributed by atoms with Crippen LogP contribution in [0.5, 0.6) is 0 Å². The molecule has 1 N–H and O–H groups in total. The normalized spacial score (nSPS) is 10.9. The van der Waals surface area contributed by atoms with E-state index in [1.165, 1.54) is 0 Å². The summed E-state index contributed by atoms with van der Waals surface area (Å²) in [5.41, 5.74) is 3.12. The summed E-state index contributed by atoms with van der Waals surface area (Å²) < 4.78 is 0. The van der Waals surface area contributed by atoms with Gasteiger partial charge in [-0.05, 0) is 31.5 Å². The molecule has 0 saturated carbocycles. The predicted octanol–water partition coefficient (Wildman–Crippen LogP) is 2.83. The van der Waals surface area contributed by atoms with Gasteiger partial charge in [-0.25, -0.2) is 0 Å².